The molecule has 0 saturated carbocycles. The number of benzene rings is 3. The van der Waals surface area contributed by atoms with Crippen molar-refractivity contribution in [1.82, 2.24) is 0 Å². The molecule has 0 radical (unpaired) electrons. The highest BCUT2D eigenvalue weighted by Crippen LogP contribution is 2.30. The zero-order chi connectivity index (χ0) is 25.4. The minimum Gasteiger partial charge on any atom is -0.497 e. The van der Waals surface area contributed by atoms with E-state index in [4.69, 9.17) is 14.2 Å². The van der Waals surface area contributed by atoms with E-state index in [-0.39, 0.29) is 11.4 Å². The molecule has 0 saturated heterocycles. The van der Waals surface area contributed by atoms with Crippen LogP contribution in [0.25, 0.3) is 0 Å². The monoisotopic (exact) mass is 480 g/mol. The van der Waals surface area contributed by atoms with E-state index in [1.807, 2.05) is 0 Å². The molecular formula is C23H20N4O8. The fourth-order valence-electron chi connectivity index (χ4n) is 2.90. The number of carbonyl (C=O) groups excluding carboxylic acids is 1. The molecule has 0 aliphatic heterocycles. The Hall–Kier alpha value is -5.00. The zero-order valence-corrected chi connectivity index (χ0v) is 18.7. The summed E-state index contributed by atoms with van der Waals surface area (Å²) >= 11 is 0. The summed E-state index contributed by atoms with van der Waals surface area (Å²) in [5.41, 5.74) is 2.45. The lowest BCUT2D eigenvalue weighted by atomic mass is 10.2. The van der Waals surface area contributed by atoms with Crippen LogP contribution < -0.4 is 19.6 Å². The van der Waals surface area contributed by atoms with Gasteiger partial charge in [0.1, 0.15) is 11.4 Å². The van der Waals surface area contributed by atoms with E-state index >= 15 is 0 Å². The summed E-state index contributed by atoms with van der Waals surface area (Å²) in [7, 11) is 1.52. The number of anilines is 1. The third kappa shape index (κ3) is 6.28. The minimum atomic E-state index is -0.746. The van der Waals surface area contributed by atoms with Crippen molar-refractivity contribution in [2.75, 3.05) is 19.1 Å². The SMILES string of the molecule is CCOc1cc(/C=N\Nc2ccc([N+](=O)[O-])cc2[N+](=O)[O-])ccc1OC(=O)c1ccc(OC)cc1. The lowest BCUT2D eigenvalue weighted by Crippen LogP contribution is -2.10. The highest BCUT2D eigenvalue weighted by atomic mass is 16.6. The van der Waals surface area contributed by atoms with E-state index in [0.717, 1.165) is 12.1 Å². The van der Waals surface area contributed by atoms with Crippen molar-refractivity contribution in [3.05, 3.63) is 92.0 Å². The molecule has 3 aromatic rings. The molecule has 0 bridgehead atoms. The molecule has 3 rings (SSSR count). The van der Waals surface area contributed by atoms with Crippen LogP contribution in [-0.2, 0) is 0 Å². The predicted molar refractivity (Wildman–Crippen MR) is 127 cm³/mol. The fraction of sp³-hybridized carbons (Fsp3) is 0.130. The van der Waals surface area contributed by atoms with Gasteiger partial charge in [-0.05, 0) is 61.0 Å². The summed E-state index contributed by atoms with van der Waals surface area (Å²) in [4.78, 5) is 33.1. The van der Waals surface area contributed by atoms with Crippen LogP contribution in [0.15, 0.2) is 65.8 Å². The van der Waals surface area contributed by atoms with Gasteiger partial charge in [-0.25, -0.2) is 4.79 Å². The van der Waals surface area contributed by atoms with Crippen LogP contribution in [0.4, 0.5) is 17.1 Å². The number of non-ortho nitro benzene ring substituents is 1. The first-order chi connectivity index (χ1) is 16.8. The fourth-order valence-corrected chi connectivity index (χ4v) is 2.90. The van der Waals surface area contributed by atoms with Crippen LogP contribution >= 0.6 is 0 Å². The second-order valence-electron chi connectivity index (χ2n) is 6.84. The van der Waals surface area contributed by atoms with Crippen molar-refractivity contribution in [3.63, 3.8) is 0 Å². The van der Waals surface area contributed by atoms with Gasteiger partial charge in [0.05, 0.1) is 41.4 Å². The Morgan fingerprint density at radius 3 is 2.37 bits per heavy atom. The molecule has 0 fully saturated rings. The average Bonchev–Trinajstić information content (AvgIpc) is 2.85. The molecule has 1 N–H and O–H groups in total. The molecule has 0 heterocycles. The Bertz CT molecular complexity index is 1280. The number of esters is 1. The van der Waals surface area contributed by atoms with Crippen molar-refractivity contribution in [2.45, 2.75) is 6.92 Å². The number of nitrogens with zero attached hydrogens (tertiary/aromatic N) is 3. The quantitative estimate of drug-likeness (QED) is 0.144. The van der Waals surface area contributed by atoms with Crippen molar-refractivity contribution >= 4 is 29.2 Å². The lowest BCUT2D eigenvalue weighted by Gasteiger charge is -2.11. The van der Waals surface area contributed by atoms with Gasteiger partial charge in [0.25, 0.3) is 5.69 Å². The Morgan fingerprint density at radius 2 is 1.74 bits per heavy atom. The van der Waals surface area contributed by atoms with Gasteiger partial charge < -0.3 is 14.2 Å². The molecule has 180 valence electrons. The van der Waals surface area contributed by atoms with Crippen molar-refractivity contribution < 1.29 is 28.9 Å². The first kappa shape index (κ1) is 24.6. The van der Waals surface area contributed by atoms with Gasteiger partial charge in [-0.2, -0.15) is 5.10 Å². The highest BCUT2D eigenvalue weighted by Gasteiger charge is 2.19. The van der Waals surface area contributed by atoms with Gasteiger partial charge in [-0.15, -0.1) is 0 Å². The molecule has 12 nitrogen and oxygen atoms in total. The summed E-state index contributed by atoms with van der Waals surface area (Å²) in [6, 6.07) is 14.3. The number of hydrazone groups is 1. The number of carbonyl (C=O) groups is 1. The molecule has 0 aliphatic carbocycles. The second kappa shape index (κ2) is 11.2. The molecule has 0 spiro atoms. The van der Waals surface area contributed by atoms with E-state index in [9.17, 15) is 25.0 Å². The summed E-state index contributed by atoms with van der Waals surface area (Å²) < 4.78 is 16.1. The molecule has 0 unspecified atom stereocenters. The zero-order valence-electron chi connectivity index (χ0n) is 18.7. The molecular weight excluding hydrogens is 460 g/mol. The van der Waals surface area contributed by atoms with Crippen LogP contribution in [0.2, 0.25) is 0 Å². The van der Waals surface area contributed by atoms with Gasteiger partial charge in [0.2, 0.25) is 0 Å². The summed E-state index contributed by atoms with van der Waals surface area (Å²) in [5.74, 6) is 0.512. The number of ether oxygens (including phenoxy) is 3. The Labute approximate surface area is 199 Å². The normalized spacial score (nSPS) is 10.6. The standard InChI is InChI=1S/C23H20N4O8/c1-3-34-22-12-15(4-11-21(22)35-23(28)16-5-8-18(33-2)9-6-16)14-24-25-19-10-7-17(26(29)30)13-20(19)27(31)32/h4-14,25H,3H2,1-2H3/b24-14-. The Morgan fingerprint density at radius 1 is 1.00 bits per heavy atom. The number of methoxy groups -OCH3 is 1. The summed E-state index contributed by atoms with van der Waals surface area (Å²) in [5, 5.41) is 26.1. The number of nitro benzene ring substituents is 2. The van der Waals surface area contributed by atoms with Crippen LogP contribution in [0, 0.1) is 20.2 Å². The van der Waals surface area contributed by atoms with Crippen molar-refractivity contribution in [1.29, 1.82) is 0 Å². The average molecular weight is 480 g/mol. The topological polar surface area (TPSA) is 155 Å². The lowest BCUT2D eigenvalue weighted by molar-refractivity contribution is -0.393. The Balaban J connectivity index is 1.76. The first-order valence-electron chi connectivity index (χ1n) is 10.2. The summed E-state index contributed by atoms with van der Waals surface area (Å²) in [6.07, 6.45) is 1.36. The minimum absolute atomic E-state index is 0.0214. The first-order valence-corrected chi connectivity index (χ1v) is 10.2. The van der Waals surface area contributed by atoms with Gasteiger partial charge in [-0.3, -0.25) is 25.7 Å². The van der Waals surface area contributed by atoms with Gasteiger partial charge in [-0.1, -0.05) is 0 Å². The predicted octanol–water partition coefficient (Wildman–Crippen LogP) is 4.58. The Kier molecular flexibility index (Phi) is 7.90. The van der Waals surface area contributed by atoms with E-state index in [0.29, 0.717) is 29.2 Å². The maximum atomic E-state index is 12.5. The van der Waals surface area contributed by atoms with Crippen LogP contribution in [0.3, 0.4) is 0 Å². The van der Waals surface area contributed by atoms with Crippen LogP contribution in [0.1, 0.15) is 22.8 Å². The number of rotatable bonds is 10. The largest absolute Gasteiger partial charge is 0.497 e. The molecule has 0 atom stereocenters. The molecule has 12 heteroatoms. The third-order valence-corrected chi connectivity index (χ3v) is 4.58. The maximum Gasteiger partial charge on any atom is 0.343 e. The van der Waals surface area contributed by atoms with Crippen molar-refractivity contribution in [3.8, 4) is 17.2 Å². The maximum absolute atomic E-state index is 12.5. The highest BCUT2D eigenvalue weighted by molar-refractivity contribution is 5.91. The van der Waals surface area contributed by atoms with Gasteiger partial charge in [0.15, 0.2) is 11.5 Å². The summed E-state index contributed by atoms with van der Waals surface area (Å²) in [6.45, 7) is 2.08. The number of nitrogens with one attached hydrogen (secondary N) is 1. The molecule has 0 aromatic heterocycles. The van der Waals surface area contributed by atoms with Gasteiger partial charge in [0, 0.05) is 6.07 Å². The smallest absolute Gasteiger partial charge is 0.343 e. The van der Waals surface area contributed by atoms with E-state index in [1.54, 1.807) is 43.3 Å². The number of hydrogen-bond acceptors (Lipinski definition) is 10. The third-order valence-electron chi connectivity index (χ3n) is 4.58. The number of nitro groups is 2. The van der Waals surface area contributed by atoms with E-state index in [1.165, 1.54) is 25.5 Å². The van der Waals surface area contributed by atoms with Crippen LogP contribution in [-0.4, -0.2) is 35.7 Å². The molecule has 35 heavy (non-hydrogen) atoms. The number of hydrogen-bond donors (Lipinski definition) is 1. The van der Waals surface area contributed by atoms with Gasteiger partial charge >= 0.3 is 11.7 Å². The molecule has 0 amide bonds. The van der Waals surface area contributed by atoms with Crippen molar-refractivity contribution in [2.24, 2.45) is 5.10 Å². The molecule has 3 aromatic carbocycles. The second-order valence-corrected chi connectivity index (χ2v) is 6.84. The molecule has 0 aliphatic rings. The van der Waals surface area contributed by atoms with E-state index < -0.39 is 27.2 Å². The van der Waals surface area contributed by atoms with E-state index in [2.05, 4.69) is 10.5 Å². The van der Waals surface area contributed by atoms with Crippen LogP contribution in [0.5, 0.6) is 17.2 Å².